The van der Waals surface area contributed by atoms with Crippen LogP contribution in [0.5, 0.6) is 0 Å². The molecule has 106 valence electrons. The summed E-state index contributed by atoms with van der Waals surface area (Å²) in [6, 6.07) is 0.304. The molecule has 0 radical (unpaired) electrons. The number of carbonyl (C=O) groups excluding carboxylic acids is 1. The molecule has 1 amide bonds. The summed E-state index contributed by atoms with van der Waals surface area (Å²) in [4.78, 5) is 14.2. The number of carbonyl (C=O) groups is 1. The summed E-state index contributed by atoms with van der Waals surface area (Å²) in [6.45, 7) is 15.3. The van der Waals surface area contributed by atoms with E-state index in [-0.39, 0.29) is 17.0 Å². The van der Waals surface area contributed by atoms with E-state index in [4.69, 9.17) is 0 Å². The van der Waals surface area contributed by atoms with Gasteiger partial charge in [0.2, 0.25) is 5.91 Å². The van der Waals surface area contributed by atoms with E-state index in [1.165, 1.54) is 0 Å². The van der Waals surface area contributed by atoms with E-state index < -0.39 is 0 Å². The van der Waals surface area contributed by atoms with E-state index in [0.717, 1.165) is 19.5 Å². The van der Waals surface area contributed by atoms with Crippen LogP contribution in [0.3, 0.4) is 0 Å². The summed E-state index contributed by atoms with van der Waals surface area (Å²) in [6.07, 6.45) is 1.05. The average molecular weight is 255 g/mol. The lowest BCUT2D eigenvalue weighted by molar-refractivity contribution is -0.121. The first-order valence-electron chi connectivity index (χ1n) is 6.87. The number of nitrogens with one attached hydrogen (secondary N) is 2. The van der Waals surface area contributed by atoms with E-state index in [0.29, 0.717) is 12.6 Å². The van der Waals surface area contributed by atoms with Crippen LogP contribution in [0.1, 0.15) is 48.0 Å². The number of amides is 1. The predicted octanol–water partition coefficient (Wildman–Crippen LogP) is 1.36. The Labute approximate surface area is 111 Å². The van der Waals surface area contributed by atoms with Gasteiger partial charge in [-0.3, -0.25) is 9.69 Å². The Morgan fingerprint density at radius 3 is 2.28 bits per heavy atom. The average Bonchev–Trinajstić information content (AvgIpc) is 2.61. The molecular weight excluding hydrogens is 226 g/mol. The first kappa shape index (κ1) is 15.4. The summed E-state index contributed by atoms with van der Waals surface area (Å²) in [5.74, 6) is 0.102. The van der Waals surface area contributed by atoms with Gasteiger partial charge in [0.05, 0.1) is 6.54 Å². The second-order valence-electron chi connectivity index (χ2n) is 7.27. The molecule has 4 nitrogen and oxygen atoms in total. The van der Waals surface area contributed by atoms with Crippen molar-refractivity contribution in [2.75, 3.05) is 19.6 Å². The molecule has 0 unspecified atom stereocenters. The van der Waals surface area contributed by atoms with Crippen LogP contribution >= 0.6 is 0 Å². The Balaban J connectivity index is 2.31. The number of rotatable bonds is 3. The van der Waals surface area contributed by atoms with E-state index in [2.05, 4.69) is 57.1 Å². The third-order valence-electron chi connectivity index (χ3n) is 3.28. The second-order valence-corrected chi connectivity index (χ2v) is 7.27. The fourth-order valence-corrected chi connectivity index (χ4v) is 2.11. The molecule has 0 aliphatic carbocycles. The van der Waals surface area contributed by atoms with Crippen molar-refractivity contribution in [1.82, 2.24) is 15.5 Å². The highest BCUT2D eigenvalue weighted by Crippen LogP contribution is 2.20. The maximum Gasteiger partial charge on any atom is 0.234 e. The minimum atomic E-state index is -0.00946. The summed E-state index contributed by atoms with van der Waals surface area (Å²) in [5, 5.41) is 6.32. The molecular formula is C14H29N3O. The SMILES string of the molecule is CC(C)(C)NCC(=O)N[C@@H]1CCN(C(C)(C)C)C1. The maximum absolute atomic E-state index is 11.8. The number of likely N-dealkylation sites (tertiary alicyclic amines) is 1. The third-order valence-corrected chi connectivity index (χ3v) is 3.28. The van der Waals surface area contributed by atoms with Gasteiger partial charge in [-0.15, -0.1) is 0 Å². The van der Waals surface area contributed by atoms with Crippen molar-refractivity contribution in [3.05, 3.63) is 0 Å². The zero-order chi connectivity index (χ0) is 14.0. The van der Waals surface area contributed by atoms with Crippen LogP contribution in [0.2, 0.25) is 0 Å². The van der Waals surface area contributed by atoms with E-state index >= 15 is 0 Å². The molecule has 1 fully saturated rings. The lowest BCUT2D eigenvalue weighted by atomic mass is 10.1. The third kappa shape index (κ3) is 5.36. The Kier molecular flexibility index (Phi) is 4.78. The maximum atomic E-state index is 11.8. The number of nitrogens with zero attached hydrogens (tertiary/aromatic N) is 1. The van der Waals surface area contributed by atoms with Crippen LogP contribution < -0.4 is 10.6 Å². The van der Waals surface area contributed by atoms with Gasteiger partial charge in [-0.1, -0.05) is 0 Å². The fraction of sp³-hybridized carbons (Fsp3) is 0.929. The fourth-order valence-electron chi connectivity index (χ4n) is 2.11. The van der Waals surface area contributed by atoms with Crippen molar-refractivity contribution in [1.29, 1.82) is 0 Å². The van der Waals surface area contributed by atoms with E-state index in [9.17, 15) is 4.79 Å². The highest BCUT2D eigenvalue weighted by molar-refractivity contribution is 5.78. The molecule has 0 aromatic rings. The van der Waals surface area contributed by atoms with Crippen LogP contribution in [-0.2, 0) is 4.79 Å². The molecule has 0 bridgehead atoms. The van der Waals surface area contributed by atoms with Gasteiger partial charge >= 0.3 is 0 Å². The summed E-state index contributed by atoms with van der Waals surface area (Å²) < 4.78 is 0. The molecule has 1 aliphatic heterocycles. The molecule has 0 aromatic carbocycles. The quantitative estimate of drug-likeness (QED) is 0.800. The molecule has 1 aliphatic rings. The lowest BCUT2D eigenvalue weighted by Gasteiger charge is -2.31. The van der Waals surface area contributed by atoms with Crippen LogP contribution in [-0.4, -0.2) is 47.6 Å². The Morgan fingerprint density at radius 2 is 1.83 bits per heavy atom. The Bertz CT molecular complexity index is 288. The second kappa shape index (κ2) is 5.57. The van der Waals surface area contributed by atoms with Crippen molar-refractivity contribution in [3.8, 4) is 0 Å². The van der Waals surface area contributed by atoms with Gasteiger partial charge in [-0.2, -0.15) is 0 Å². The minimum Gasteiger partial charge on any atom is -0.351 e. The van der Waals surface area contributed by atoms with Gasteiger partial charge in [-0.25, -0.2) is 0 Å². The van der Waals surface area contributed by atoms with Crippen molar-refractivity contribution in [2.45, 2.75) is 65.1 Å². The van der Waals surface area contributed by atoms with Crippen LogP contribution in [0.15, 0.2) is 0 Å². The largest absolute Gasteiger partial charge is 0.351 e. The Hall–Kier alpha value is -0.610. The van der Waals surface area contributed by atoms with E-state index in [1.807, 2.05) is 0 Å². The normalized spacial score (nSPS) is 22.2. The first-order valence-corrected chi connectivity index (χ1v) is 6.87. The van der Waals surface area contributed by atoms with Crippen LogP contribution in [0.4, 0.5) is 0 Å². The van der Waals surface area contributed by atoms with Crippen LogP contribution in [0, 0.1) is 0 Å². The number of hydrogen-bond donors (Lipinski definition) is 2. The zero-order valence-corrected chi connectivity index (χ0v) is 12.8. The molecule has 0 spiro atoms. The van der Waals surface area contributed by atoms with Gasteiger partial charge in [0.1, 0.15) is 0 Å². The zero-order valence-electron chi connectivity index (χ0n) is 12.8. The molecule has 0 saturated carbocycles. The van der Waals surface area contributed by atoms with Crippen LogP contribution in [0.25, 0.3) is 0 Å². The van der Waals surface area contributed by atoms with Crippen molar-refractivity contribution < 1.29 is 4.79 Å². The minimum absolute atomic E-state index is 0.00946. The first-order chi connectivity index (χ1) is 8.08. The van der Waals surface area contributed by atoms with Gasteiger partial charge in [0.25, 0.3) is 0 Å². The summed E-state index contributed by atoms with van der Waals surface area (Å²) in [7, 11) is 0. The molecule has 1 rings (SSSR count). The lowest BCUT2D eigenvalue weighted by Crippen LogP contribution is -2.47. The van der Waals surface area contributed by atoms with Gasteiger partial charge < -0.3 is 10.6 Å². The highest BCUT2D eigenvalue weighted by atomic mass is 16.2. The Morgan fingerprint density at radius 1 is 1.22 bits per heavy atom. The summed E-state index contributed by atoms with van der Waals surface area (Å²) in [5.41, 5.74) is 0.188. The van der Waals surface area contributed by atoms with Crippen molar-refractivity contribution in [2.24, 2.45) is 0 Å². The van der Waals surface area contributed by atoms with Gasteiger partial charge in [0, 0.05) is 30.2 Å². The monoisotopic (exact) mass is 255 g/mol. The predicted molar refractivity (Wildman–Crippen MR) is 75.6 cm³/mol. The molecule has 1 heterocycles. The summed E-state index contributed by atoms with van der Waals surface area (Å²) >= 11 is 0. The molecule has 4 heteroatoms. The molecule has 0 aromatic heterocycles. The standard InChI is InChI=1S/C14H29N3O/c1-13(2,3)15-9-12(18)16-11-7-8-17(10-11)14(4,5)6/h11,15H,7-10H2,1-6H3,(H,16,18)/t11-/m1/s1. The number of hydrogen-bond acceptors (Lipinski definition) is 3. The van der Waals surface area contributed by atoms with Gasteiger partial charge in [0.15, 0.2) is 0 Å². The van der Waals surface area contributed by atoms with Crippen molar-refractivity contribution in [3.63, 3.8) is 0 Å². The molecule has 18 heavy (non-hydrogen) atoms. The van der Waals surface area contributed by atoms with Crippen molar-refractivity contribution >= 4 is 5.91 Å². The van der Waals surface area contributed by atoms with E-state index in [1.54, 1.807) is 0 Å². The smallest absolute Gasteiger partial charge is 0.234 e. The molecule has 1 saturated heterocycles. The molecule has 2 N–H and O–H groups in total. The molecule has 1 atom stereocenters. The van der Waals surface area contributed by atoms with Gasteiger partial charge in [-0.05, 0) is 48.0 Å². The highest BCUT2D eigenvalue weighted by Gasteiger charge is 2.30. The topological polar surface area (TPSA) is 44.4 Å².